The van der Waals surface area contributed by atoms with Crippen molar-refractivity contribution in [2.75, 3.05) is 6.54 Å². The Kier molecular flexibility index (Phi) is 2.70. The Morgan fingerprint density at radius 3 is 2.71 bits per heavy atom. The molecular formula is C10H11ClN2O. The third kappa shape index (κ3) is 1.89. The Labute approximate surface area is 87.5 Å². The summed E-state index contributed by atoms with van der Waals surface area (Å²) in [5.41, 5.74) is 7.47. The van der Waals surface area contributed by atoms with Gasteiger partial charge in [-0.2, -0.15) is 0 Å². The molecule has 1 aromatic rings. The van der Waals surface area contributed by atoms with Crippen LogP contribution in [0.3, 0.4) is 0 Å². The zero-order valence-corrected chi connectivity index (χ0v) is 8.37. The first-order valence-corrected chi connectivity index (χ1v) is 4.86. The second-order valence-electron chi connectivity index (χ2n) is 3.21. The lowest BCUT2D eigenvalue weighted by Crippen LogP contribution is -2.20. The van der Waals surface area contributed by atoms with E-state index in [2.05, 4.69) is 5.16 Å². The van der Waals surface area contributed by atoms with E-state index in [4.69, 9.17) is 22.2 Å². The molecule has 74 valence electrons. The van der Waals surface area contributed by atoms with Crippen molar-refractivity contribution in [3.63, 3.8) is 0 Å². The summed E-state index contributed by atoms with van der Waals surface area (Å²) in [5.74, 6) is 0. The molecule has 0 saturated carbocycles. The fourth-order valence-corrected chi connectivity index (χ4v) is 1.49. The van der Waals surface area contributed by atoms with Gasteiger partial charge in [0.1, 0.15) is 6.10 Å². The van der Waals surface area contributed by atoms with Gasteiger partial charge in [-0.05, 0) is 17.7 Å². The van der Waals surface area contributed by atoms with Gasteiger partial charge in [-0.25, -0.2) is 0 Å². The molecule has 3 nitrogen and oxygen atoms in total. The fourth-order valence-electron chi connectivity index (χ4n) is 1.37. The maximum absolute atomic E-state index is 5.78. The quantitative estimate of drug-likeness (QED) is 0.809. The summed E-state index contributed by atoms with van der Waals surface area (Å²) >= 11 is 5.78. The van der Waals surface area contributed by atoms with Gasteiger partial charge in [0.25, 0.3) is 0 Å². The largest absolute Gasteiger partial charge is 0.390 e. The summed E-state index contributed by atoms with van der Waals surface area (Å²) in [7, 11) is 0. The Balaban J connectivity index is 2.13. The van der Waals surface area contributed by atoms with Crippen LogP contribution in [0.25, 0.3) is 0 Å². The van der Waals surface area contributed by atoms with Crippen molar-refractivity contribution in [2.24, 2.45) is 10.9 Å². The molecule has 0 bridgehead atoms. The number of hydrogen-bond acceptors (Lipinski definition) is 3. The maximum atomic E-state index is 5.78. The molecular weight excluding hydrogens is 200 g/mol. The van der Waals surface area contributed by atoms with E-state index in [1.807, 2.05) is 24.3 Å². The standard InChI is InChI=1S/C10H11ClN2O/c11-8-3-1-7(2-4-8)10-5-9(6-12)14-13-10/h1-4,9H,5-6,12H2/t9-/m1/s1. The van der Waals surface area contributed by atoms with Crippen LogP contribution in [0.5, 0.6) is 0 Å². The molecule has 0 amide bonds. The highest BCUT2D eigenvalue weighted by Crippen LogP contribution is 2.17. The van der Waals surface area contributed by atoms with E-state index >= 15 is 0 Å². The third-order valence-electron chi connectivity index (χ3n) is 2.17. The summed E-state index contributed by atoms with van der Waals surface area (Å²) in [5, 5.41) is 4.71. The molecule has 0 unspecified atom stereocenters. The first-order valence-electron chi connectivity index (χ1n) is 4.48. The molecule has 0 saturated heterocycles. The van der Waals surface area contributed by atoms with E-state index in [0.717, 1.165) is 22.7 Å². The zero-order chi connectivity index (χ0) is 9.97. The van der Waals surface area contributed by atoms with Crippen LogP contribution in [0, 0.1) is 0 Å². The summed E-state index contributed by atoms with van der Waals surface area (Å²) in [6, 6.07) is 7.55. The van der Waals surface area contributed by atoms with Crippen molar-refractivity contribution in [2.45, 2.75) is 12.5 Å². The van der Waals surface area contributed by atoms with Gasteiger partial charge in [0.15, 0.2) is 0 Å². The van der Waals surface area contributed by atoms with Gasteiger partial charge >= 0.3 is 0 Å². The third-order valence-corrected chi connectivity index (χ3v) is 2.43. The topological polar surface area (TPSA) is 47.6 Å². The molecule has 1 aromatic carbocycles. The van der Waals surface area contributed by atoms with Gasteiger partial charge in [-0.3, -0.25) is 0 Å². The SMILES string of the molecule is NC[C@H]1CC(c2ccc(Cl)cc2)=NO1. The van der Waals surface area contributed by atoms with Crippen LogP contribution in [0.4, 0.5) is 0 Å². The second-order valence-corrected chi connectivity index (χ2v) is 3.65. The van der Waals surface area contributed by atoms with E-state index in [1.54, 1.807) is 0 Å². The summed E-state index contributed by atoms with van der Waals surface area (Å²) in [6.45, 7) is 0.501. The van der Waals surface area contributed by atoms with Gasteiger partial charge < -0.3 is 10.6 Å². The second kappa shape index (κ2) is 3.98. The summed E-state index contributed by atoms with van der Waals surface area (Å²) < 4.78 is 0. The van der Waals surface area contributed by atoms with Gasteiger partial charge in [0.2, 0.25) is 0 Å². The number of rotatable bonds is 2. The van der Waals surface area contributed by atoms with E-state index in [-0.39, 0.29) is 6.10 Å². The first-order chi connectivity index (χ1) is 6.79. The van der Waals surface area contributed by atoms with Gasteiger partial charge in [0.05, 0.1) is 5.71 Å². The number of oxime groups is 1. The molecule has 1 aliphatic heterocycles. The van der Waals surface area contributed by atoms with Gasteiger partial charge in [0, 0.05) is 18.0 Å². The van der Waals surface area contributed by atoms with Crippen LogP contribution in [0.2, 0.25) is 5.02 Å². The number of nitrogens with two attached hydrogens (primary N) is 1. The Morgan fingerprint density at radius 2 is 2.14 bits per heavy atom. The van der Waals surface area contributed by atoms with Crippen molar-refractivity contribution in [3.05, 3.63) is 34.9 Å². The molecule has 0 radical (unpaired) electrons. The van der Waals surface area contributed by atoms with E-state index in [9.17, 15) is 0 Å². The highest BCUT2D eigenvalue weighted by molar-refractivity contribution is 6.30. The van der Waals surface area contributed by atoms with Crippen LogP contribution in [-0.4, -0.2) is 18.4 Å². The van der Waals surface area contributed by atoms with Crippen LogP contribution >= 0.6 is 11.6 Å². The molecule has 2 N–H and O–H groups in total. The number of halogens is 1. The minimum Gasteiger partial charge on any atom is -0.390 e. The molecule has 1 heterocycles. The van der Waals surface area contributed by atoms with Crippen LogP contribution < -0.4 is 5.73 Å². The lowest BCUT2D eigenvalue weighted by atomic mass is 10.1. The molecule has 1 atom stereocenters. The molecule has 0 fully saturated rings. The van der Waals surface area contributed by atoms with Crippen molar-refractivity contribution >= 4 is 17.3 Å². The van der Waals surface area contributed by atoms with Gasteiger partial charge in [-0.1, -0.05) is 28.9 Å². The fraction of sp³-hybridized carbons (Fsp3) is 0.300. The Bertz CT molecular complexity index is 348. The number of hydrogen-bond donors (Lipinski definition) is 1. The zero-order valence-electron chi connectivity index (χ0n) is 7.61. The van der Waals surface area contributed by atoms with Crippen LogP contribution in [0.1, 0.15) is 12.0 Å². The summed E-state index contributed by atoms with van der Waals surface area (Å²) in [4.78, 5) is 5.13. The molecule has 0 aliphatic carbocycles. The maximum Gasteiger partial charge on any atom is 0.145 e. The molecule has 1 aliphatic rings. The first kappa shape index (κ1) is 9.49. The normalized spacial score (nSPS) is 20.4. The molecule has 4 heteroatoms. The minimum atomic E-state index is 0.0284. The van der Waals surface area contributed by atoms with Crippen LogP contribution in [-0.2, 0) is 4.84 Å². The van der Waals surface area contributed by atoms with Crippen molar-refractivity contribution in [1.82, 2.24) is 0 Å². The van der Waals surface area contributed by atoms with Crippen molar-refractivity contribution in [1.29, 1.82) is 0 Å². The van der Waals surface area contributed by atoms with Crippen LogP contribution in [0.15, 0.2) is 29.4 Å². The smallest absolute Gasteiger partial charge is 0.145 e. The average Bonchev–Trinajstić information content (AvgIpc) is 2.67. The highest BCUT2D eigenvalue weighted by Gasteiger charge is 2.20. The van der Waals surface area contributed by atoms with Crippen molar-refractivity contribution in [3.8, 4) is 0 Å². The predicted octanol–water partition coefficient (Wildman–Crippen LogP) is 1.79. The lowest BCUT2D eigenvalue weighted by molar-refractivity contribution is 0.0918. The van der Waals surface area contributed by atoms with E-state index < -0.39 is 0 Å². The molecule has 0 aromatic heterocycles. The Morgan fingerprint density at radius 1 is 1.43 bits per heavy atom. The molecule has 14 heavy (non-hydrogen) atoms. The average molecular weight is 211 g/mol. The predicted molar refractivity (Wildman–Crippen MR) is 56.5 cm³/mol. The van der Waals surface area contributed by atoms with E-state index in [0.29, 0.717) is 6.54 Å². The number of nitrogens with zero attached hydrogens (tertiary/aromatic N) is 1. The molecule has 2 rings (SSSR count). The molecule has 0 spiro atoms. The van der Waals surface area contributed by atoms with Crippen molar-refractivity contribution < 1.29 is 4.84 Å². The van der Waals surface area contributed by atoms with E-state index in [1.165, 1.54) is 0 Å². The number of benzene rings is 1. The Hall–Kier alpha value is -1.06. The highest BCUT2D eigenvalue weighted by atomic mass is 35.5. The lowest BCUT2D eigenvalue weighted by Gasteiger charge is -2.02. The monoisotopic (exact) mass is 210 g/mol. The summed E-state index contributed by atoms with van der Waals surface area (Å²) in [6.07, 6.45) is 0.804. The minimum absolute atomic E-state index is 0.0284. The van der Waals surface area contributed by atoms with Gasteiger partial charge in [-0.15, -0.1) is 0 Å².